The summed E-state index contributed by atoms with van der Waals surface area (Å²) in [6.07, 6.45) is 1.07. The van der Waals surface area contributed by atoms with E-state index < -0.39 is 23.9 Å². The average Bonchev–Trinajstić information content (AvgIpc) is 2.09. The molecule has 6 nitrogen and oxygen atoms in total. The lowest BCUT2D eigenvalue weighted by atomic mass is 10.2. The second kappa shape index (κ2) is 4.22. The fraction of sp³-hybridized carbons (Fsp3) is 0.250. The number of aromatic nitrogens is 2. The first kappa shape index (κ1) is 11.4. The van der Waals surface area contributed by atoms with Gasteiger partial charge in [-0.05, 0) is 6.92 Å². The molecular formula is C8H7ClN2O4. The molecule has 0 atom stereocenters. The number of ketones is 1. The van der Waals surface area contributed by atoms with E-state index in [1.54, 1.807) is 0 Å². The summed E-state index contributed by atoms with van der Waals surface area (Å²) < 4.78 is 0.672. The Labute approximate surface area is 89.1 Å². The molecule has 1 aromatic heterocycles. The summed E-state index contributed by atoms with van der Waals surface area (Å²) in [6, 6.07) is 0. The van der Waals surface area contributed by atoms with Crippen LogP contribution in [0.4, 0.5) is 0 Å². The van der Waals surface area contributed by atoms with Crippen LogP contribution in [0.2, 0.25) is 5.02 Å². The molecule has 1 aromatic rings. The van der Waals surface area contributed by atoms with Gasteiger partial charge in [0.25, 0.3) is 5.56 Å². The number of Topliss-reactive ketones (excluding diaryl/α,β-unsaturated/α-hetero) is 1. The summed E-state index contributed by atoms with van der Waals surface area (Å²) in [4.78, 5) is 32.9. The minimum absolute atomic E-state index is 0.0749. The molecule has 0 amide bonds. The van der Waals surface area contributed by atoms with E-state index in [0.29, 0.717) is 4.68 Å². The van der Waals surface area contributed by atoms with Crippen molar-refractivity contribution < 1.29 is 14.7 Å². The molecule has 0 unspecified atom stereocenters. The van der Waals surface area contributed by atoms with E-state index in [1.807, 2.05) is 0 Å². The standard InChI is InChI=1S/C8H7ClN2O4/c1-4(12)7-5(9)2-10-11(8(7)15)3-6(13)14/h2H,3H2,1H3,(H,13,14). The number of halogens is 1. The molecule has 15 heavy (non-hydrogen) atoms. The van der Waals surface area contributed by atoms with Crippen molar-refractivity contribution in [2.75, 3.05) is 0 Å². The molecule has 1 rings (SSSR count). The van der Waals surface area contributed by atoms with Crippen molar-refractivity contribution >= 4 is 23.4 Å². The summed E-state index contributed by atoms with van der Waals surface area (Å²) >= 11 is 5.59. The molecule has 0 spiro atoms. The zero-order valence-corrected chi connectivity index (χ0v) is 8.48. The van der Waals surface area contributed by atoms with Crippen LogP contribution in [0.15, 0.2) is 11.0 Å². The molecule has 0 aliphatic carbocycles. The lowest BCUT2D eigenvalue weighted by molar-refractivity contribution is -0.138. The lowest BCUT2D eigenvalue weighted by Crippen LogP contribution is -2.30. The monoisotopic (exact) mass is 230 g/mol. The van der Waals surface area contributed by atoms with Crippen molar-refractivity contribution in [1.29, 1.82) is 0 Å². The molecular weight excluding hydrogens is 224 g/mol. The Bertz CT molecular complexity index is 480. The van der Waals surface area contributed by atoms with E-state index in [-0.39, 0.29) is 10.6 Å². The van der Waals surface area contributed by atoms with Gasteiger partial charge in [0.15, 0.2) is 5.78 Å². The third-order valence-corrected chi connectivity index (χ3v) is 1.92. The Balaban J connectivity index is 3.35. The van der Waals surface area contributed by atoms with Crippen molar-refractivity contribution in [3.05, 3.63) is 27.1 Å². The number of aliphatic carboxylic acids is 1. The summed E-state index contributed by atoms with van der Waals surface area (Å²) in [5.41, 5.74) is -1.04. The fourth-order valence-electron chi connectivity index (χ4n) is 1.03. The molecule has 7 heteroatoms. The lowest BCUT2D eigenvalue weighted by Gasteiger charge is -2.03. The molecule has 0 radical (unpaired) electrons. The number of rotatable bonds is 3. The third kappa shape index (κ3) is 2.41. The van der Waals surface area contributed by atoms with Crippen LogP contribution in [-0.2, 0) is 11.3 Å². The van der Waals surface area contributed by atoms with Gasteiger partial charge in [0, 0.05) is 0 Å². The average molecular weight is 231 g/mol. The molecule has 0 aliphatic rings. The molecule has 0 fully saturated rings. The second-order valence-corrected chi connectivity index (χ2v) is 3.19. The second-order valence-electron chi connectivity index (χ2n) is 2.78. The van der Waals surface area contributed by atoms with Gasteiger partial charge < -0.3 is 5.11 Å². The summed E-state index contributed by atoms with van der Waals surface area (Å²) in [6.45, 7) is 0.573. The summed E-state index contributed by atoms with van der Waals surface area (Å²) in [5, 5.41) is 11.9. The van der Waals surface area contributed by atoms with Crippen LogP contribution in [0.1, 0.15) is 17.3 Å². The number of hydrogen-bond donors (Lipinski definition) is 1. The van der Waals surface area contributed by atoms with E-state index in [4.69, 9.17) is 16.7 Å². The predicted molar refractivity (Wildman–Crippen MR) is 51.1 cm³/mol. The Morgan fingerprint density at radius 2 is 2.20 bits per heavy atom. The van der Waals surface area contributed by atoms with E-state index in [2.05, 4.69) is 5.10 Å². The Morgan fingerprint density at radius 1 is 1.60 bits per heavy atom. The minimum atomic E-state index is -1.22. The highest BCUT2D eigenvalue weighted by molar-refractivity contribution is 6.33. The van der Waals surface area contributed by atoms with Gasteiger partial charge in [-0.2, -0.15) is 5.10 Å². The first-order chi connectivity index (χ1) is 6.93. The minimum Gasteiger partial charge on any atom is -0.480 e. The smallest absolute Gasteiger partial charge is 0.325 e. The SMILES string of the molecule is CC(=O)c1c(Cl)cnn(CC(=O)O)c1=O. The number of hydrogen-bond acceptors (Lipinski definition) is 4. The van der Waals surface area contributed by atoms with E-state index >= 15 is 0 Å². The maximum atomic E-state index is 11.5. The molecule has 0 aliphatic heterocycles. The van der Waals surface area contributed by atoms with Gasteiger partial charge >= 0.3 is 5.97 Å². The molecule has 0 aromatic carbocycles. The van der Waals surface area contributed by atoms with Crippen molar-refractivity contribution in [2.45, 2.75) is 13.5 Å². The predicted octanol–water partition coefficient (Wildman–Crippen LogP) is 0.184. The van der Waals surface area contributed by atoms with Crippen molar-refractivity contribution in [3.8, 4) is 0 Å². The van der Waals surface area contributed by atoms with Gasteiger partial charge in [0.1, 0.15) is 12.1 Å². The fourth-order valence-corrected chi connectivity index (χ4v) is 1.29. The summed E-state index contributed by atoms with van der Waals surface area (Å²) in [7, 11) is 0. The number of carbonyl (C=O) groups is 2. The van der Waals surface area contributed by atoms with Gasteiger partial charge in [0.05, 0.1) is 11.2 Å². The molecule has 0 saturated heterocycles. The van der Waals surface area contributed by atoms with Crippen molar-refractivity contribution in [3.63, 3.8) is 0 Å². The van der Waals surface area contributed by atoms with Crippen molar-refractivity contribution in [1.82, 2.24) is 9.78 Å². The van der Waals surface area contributed by atoms with Crippen LogP contribution in [0.5, 0.6) is 0 Å². The maximum absolute atomic E-state index is 11.5. The van der Waals surface area contributed by atoms with Crippen LogP contribution < -0.4 is 5.56 Å². The Morgan fingerprint density at radius 3 is 2.67 bits per heavy atom. The number of carboxylic acid groups (broad SMARTS) is 1. The topological polar surface area (TPSA) is 89.3 Å². The van der Waals surface area contributed by atoms with Gasteiger partial charge in [-0.15, -0.1) is 0 Å². The summed E-state index contributed by atoms with van der Waals surface area (Å²) in [5.74, 6) is -1.74. The van der Waals surface area contributed by atoms with Crippen LogP contribution in [0.3, 0.4) is 0 Å². The van der Waals surface area contributed by atoms with E-state index in [1.165, 1.54) is 6.92 Å². The van der Waals surface area contributed by atoms with Gasteiger partial charge in [0.2, 0.25) is 0 Å². The maximum Gasteiger partial charge on any atom is 0.325 e. The van der Waals surface area contributed by atoms with Gasteiger partial charge in [-0.3, -0.25) is 14.4 Å². The zero-order chi connectivity index (χ0) is 11.6. The van der Waals surface area contributed by atoms with Gasteiger partial charge in [-0.25, -0.2) is 4.68 Å². The quantitative estimate of drug-likeness (QED) is 0.749. The Hall–Kier alpha value is -1.69. The van der Waals surface area contributed by atoms with Gasteiger partial charge in [-0.1, -0.05) is 11.6 Å². The highest BCUT2D eigenvalue weighted by Crippen LogP contribution is 2.09. The zero-order valence-electron chi connectivity index (χ0n) is 7.73. The largest absolute Gasteiger partial charge is 0.480 e. The molecule has 1 N–H and O–H groups in total. The van der Waals surface area contributed by atoms with Crippen LogP contribution in [0.25, 0.3) is 0 Å². The van der Waals surface area contributed by atoms with E-state index in [9.17, 15) is 14.4 Å². The Kier molecular flexibility index (Phi) is 3.21. The van der Waals surface area contributed by atoms with Crippen molar-refractivity contribution in [2.24, 2.45) is 0 Å². The number of carboxylic acids is 1. The molecule has 0 saturated carbocycles. The van der Waals surface area contributed by atoms with E-state index in [0.717, 1.165) is 6.20 Å². The highest BCUT2D eigenvalue weighted by atomic mass is 35.5. The third-order valence-electron chi connectivity index (χ3n) is 1.63. The molecule has 1 heterocycles. The molecule has 0 bridgehead atoms. The normalized spacial score (nSPS) is 10.0. The number of carbonyl (C=O) groups excluding carboxylic acids is 1. The first-order valence-corrected chi connectivity index (χ1v) is 4.29. The number of nitrogens with zero attached hydrogens (tertiary/aromatic N) is 2. The molecule has 80 valence electrons. The van der Waals surface area contributed by atoms with Crippen LogP contribution in [-0.4, -0.2) is 26.6 Å². The highest BCUT2D eigenvalue weighted by Gasteiger charge is 2.15. The first-order valence-electron chi connectivity index (χ1n) is 3.92. The van der Waals surface area contributed by atoms with Crippen LogP contribution >= 0.6 is 11.6 Å². The van der Waals surface area contributed by atoms with Crippen LogP contribution in [0, 0.1) is 0 Å².